The Bertz CT molecular complexity index is 486. The minimum absolute atomic E-state index is 1.04. The second-order valence-corrected chi connectivity index (χ2v) is 12.8. The lowest BCUT2D eigenvalue weighted by molar-refractivity contribution is -0.848. The Labute approximate surface area is 255 Å². The van der Waals surface area contributed by atoms with Crippen LogP contribution in [0.5, 0.6) is 0 Å². The van der Waals surface area contributed by atoms with Crippen molar-refractivity contribution in [3.8, 4) is 0 Å². The molecule has 0 amide bonds. The highest BCUT2D eigenvalue weighted by Crippen LogP contribution is 2.23. The van der Waals surface area contributed by atoms with Crippen molar-refractivity contribution in [2.75, 3.05) is 39.3 Å². The van der Waals surface area contributed by atoms with Crippen molar-refractivity contribution in [2.45, 2.75) is 196 Å². The lowest BCUT2D eigenvalue weighted by atomic mass is 10.1. The summed E-state index contributed by atoms with van der Waals surface area (Å²) >= 11 is 0. The second-order valence-electron chi connectivity index (χ2n) is 12.8. The molecule has 40 heavy (non-hydrogen) atoms. The van der Waals surface area contributed by atoms with Crippen molar-refractivity contribution in [1.29, 1.82) is 0 Å². The van der Waals surface area contributed by atoms with Gasteiger partial charge in [0.05, 0.1) is 19.6 Å². The molecule has 0 radical (unpaired) electrons. The van der Waals surface area contributed by atoms with Crippen molar-refractivity contribution in [3.63, 3.8) is 0 Å². The Kier molecular flexibility index (Phi) is 29.5. The van der Waals surface area contributed by atoms with Crippen LogP contribution in [0, 0.1) is 0 Å². The Hall–Kier alpha value is -0.570. The van der Waals surface area contributed by atoms with E-state index in [1.54, 1.807) is 0 Å². The van der Waals surface area contributed by atoms with Gasteiger partial charge in [-0.2, -0.15) is 0 Å². The van der Waals surface area contributed by atoms with Gasteiger partial charge in [-0.25, -0.2) is 4.99 Å². The molecule has 240 valence electrons. The van der Waals surface area contributed by atoms with E-state index in [2.05, 4.69) is 46.4 Å². The van der Waals surface area contributed by atoms with Crippen LogP contribution in [0.2, 0.25) is 0 Å². The van der Waals surface area contributed by atoms with Crippen LogP contribution in [0.25, 0.3) is 0 Å². The molecular weight excluding hydrogens is 486 g/mol. The maximum Gasteiger partial charge on any atom is 0.300 e. The number of guanidine groups is 1. The van der Waals surface area contributed by atoms with Crippen LogP contribution in [-0.4, -0.2) is 54.6 Å². The van der Waals surface area contributed by atoms with Crippen molar-refractivity contribution in [3.05, 3.63) is 0 Å². The van der Waals surface area contributed by atoms with E-state index in [1.165, 1.54) is 197 Å². The third kappa shape index (κ3) is 20.3. The van der Waals surface area contributed by atoms with Crippen molar-refractivity contribution in [1.82, 2.24) is 4.90 Å². The summed E-state index contributed by atoms with van der Waals surface area (Å²) in [5.74, 6) is 1.52. The Morgan fingerprint density at radius 2 is 0.725 bits per heavy atom. The first kappa shape index (κ1) is 39.4. The minimum atomic E-state index is 1.04. The van der Waals surface area contributed by atoms with E-state index in [1.807, 2.05) is 0 Å². The molecule has 0 aromatic carbocycles. The molecule has 0 aliphatic heterocycles. The zero-order valence-corrected chi connectivity index (χ0v) is 29.1. The molecule has 0 bridgehead atoms. The molecule has 0 aromatic rings. The molecule has 0 aliphatic rings. The van der Waals surface area contributed by atoms with Crippen LogP contribution in [-0.2, 0) is 0 Å². The monoisotopic (exact) mass is 565 g/mol. The van der Waals surface area contributed by atoms with Crippen LogP contribution in [0.15, 0.2) is 4.99 Å². The van der Waals surface area contributed by atoms with Crippen LogP contribution < -0.4 is 0 Å². The van der Waals surface area contributed by atoms with E-state index in [4.69, 9.17) is 4.99 Å². The highest BCUT2D eigenvalue weighted by Gasteiger charge is 2.37. The average molecular weight is 565 g/mol. The summed E-state index contributed by atoms with van der Waals surface area (Å²) in [7, 11) is 0. The molecule has 3 nitrogen and oxygen atoms in total. The predicted octanol–water partition coefficient (Wildman–Crippen LogP) is 11.9. The molecule has 0 rings (SSSR count). The molecule has 0 atom stereocenters. The van der Waals surface area contributed by atoms with Crippen molar-refractivity contribution < 1.29 is 4.48 Å². The van der Waals surface area contributed by atoms with Gasteiger partial charge < -0.3 is 4.90 Å². The van der Waals surface area contributed by atoms with Crippen LogP contribution in [0.3, 0.4) is 0 Å². The minimum Gasteiger partial charge on any atom is -0.311 e. The topological polar surface area (TPSA) is 15.6 Å². The van der Waals surface area contributed by atoms with E-state index in [0.717, 1.165) is 6.54 Å². The first-order valence-electron chi connectivity index (χ1n) is 18.8. The molecule has 0 unspecified atom stereocenters. The molecule has 0 saturated heterocycles. The van der Waals surface area contributed by atoms with Crippen molar-refractivity contribution >= 4 is 5.96 Å². The normalized spacial score (nSPS) is 12.4. The van der Waals surface area contributed by atoms with Gasteiger partial charge in [-0.1, -0.05) is 138 Å². The predicted molar refractivity (Wildman–Crippen MR) is 184 cm³/mol. The maximum absolute atomic E-state index is 5.68. The van der Waals surface area contributed by atoms with Gasteiger partial charge in [-0.05, 0) is 57.8 Å². The smallest absolute Gasteiger partial charge is 0.300 e. The number of hydrogen-bond donors (Lipinski definition) is 0. The number of hydrogen-bond acceptors (Lipinski definition) is 1. The zero-order valence-electron chi connectivity index (χ0n) is 29.1. The Balaban J connectivity index is 6.33. The van der Waals surface area contributed by atoms with Gasteiger partial charge in [0.2, 0.25) is 0 Å². The molecule has 0 N–H and O–H groups in total. The summed E-state index contributed by atoms with van der Waals surface area (Å²) in [5.41, 5.74) is 0. The molecule has 0 aromatic heterocycles. The SMILES string of the molecule is CCCCCCN=C(N(CCCCCC)CCCCCC)[N+](CCCCCC)(CCCCCC)CCCCCC. The first-order valence-corrected chi connectivity index (χ1v) is 18.8. The number of quaternary nitrogens is 1. The standard InChI is InChI=1S/C37H78N3/c1-7-13-19-25-31-38-37(39(32-26-20-14-8-2)33-27-21-15-9-3)40(34-28-22-16-10-4,35-29-23-17-11-5)36-30-24-18-12-6/h7-36H2,1-6H3/q+1. The summed E-state index contributed by atoms with van der Waals surface area (Å²) in [5, 5.41) is 0. The van der Waals surface area contributed by atoms with E-state index >= 15 is 0 Å². The van der Waals surface area contributed by atoms with Gasteiger partial charge in [-0.15, -0.1) is 0 Å². The van der Waals surface area contributed by atoms with E-state index in [-0.39, 0.29) is 0 Å². The summed E-state index contributed by atoms with van der Waals surface area (Å²) in [4.78, 5) is 8.53. The fourth-order valence-electron chi connectivity index (χ4n) is 6.20. The summed E-state index contributed by atoms with van der Waals surface area (Å²) in [6, 6.07) is 0. The Morgan fingerprint density at radius 3 is 1.07 bits per heavy atom. The fraction of sp³-hybridized carbons (Fsp3) is 0.973. The maximum atomic E-state index is 5.68. The number of nitrogens with zero attached hydrogens (tertiary/aromatic N) is 3. The number of aliphatic imine (C=N–C) groups is 1. The van der Waals surface area contributed by atoms with Crippen LogP contribution in [0.1, 0.15) is 196 Å². The van der Waals surface area contributed by atoms with Crippen LogP contribution in [0.4, 0.5) is 0 Å². The van der Waals surface area contributed by atoms with Gasteiger partial charge in [0.1, 0.15) is 0 Å². The van der Waals surface area contributed by atoms with E-state index in [9.17, 15) is 0 Å². The largest absolute Gasteiger partial charge is 0.311 e. The van der Waals surface area contributed by atoms with Gasteiger partial charge in [-0.3, -0.25) is 4.48 Å². The molecular formula is C37H78N3+. The average Bonchev–Trinajstić information content (AvgIpc) is 2.97. The lowest BCUT2D eigenvalue weighted by Crippen LogP contribution is -2.61. The summed E-state index contributed by atoms with van der Waals surface area (Å²) in [6.45, 7) is 21.5. The quantitative estimate of drug-likeness (QED) is 0.0366. The van der Waals surface area contributed by atoms with Gasteiger partial charge >= 0.3 is 0 Å². The van der Waals surface area contributed by atoms with Gasteiger partial charge in [0.25, 0.3) is 5.96 Å². The summed E-state index contributed by atoms with van der Waals surface area (Å²) in [6.07, 6.45) is 32.4. The molecule has 3 heteroatoms. The first-order chi connectivity index (χ1) is 19.7. The lowest BCUT2D eigenvalue weighted by Gasteiger charge is -2.43. The fourth-order valence-corrected chi connectivity index (χ4v) is 6.20. The number of rotatable bonds is 30. The van der Waals surface area contributed by atoms with Crippen molar-refractivity contribution in [2.24, 2.45) is 4.99 Å². The second kappa shape index (κ2) is 29.9. The highest BCUT2D eigenvalue weighted by atomic mass is 15.5. The number of unbranched alkanes of at least 4 members (excludes halogenated alkanes) is 18. The molecule has 0 saturated carbocycles. The van der Waals surface area contributed by atoms with E-state index in [0.29, 0.717) is 0 Å². The summed E-state index contributed by atoms with van der Waals surface area (Å²) < 4.78 is 1.19. The molecule has 0 aliphatic carbocycles. The molecule has 0 fully saturated rings. The third-order valence-corrected chi connectivity index (χ3v) is 8.85. The zero-order chi connectivity index (χ0) is 29.6. The van der Waals surface area contributed by atoms with Gasteiger partial charge in [0.15, 0.2) is 0 Å². The highest BCUT2D eigenvalue weighted by molar-refractivity contribution is 5.73. The van der Waals surface area contributed by atoms with E-state index < -0.39 is 0 Å². The molecule has 0 spiro atoms. The van der Waals surface area contributed by atoms with Gasteiger partial charge in [0, 0.05) is 19.6 Å². The molecule has 0 heterocycles. The third-order valence-electron chi connectivity index (χ3n) is 8.85. The Morgan fingerprint density at radius 1 is 0.400 bits per heavy atom. The van der Waals surface area contributed by atoms with Crippen LogP contribution >= 0.6 is 0 Å².